The number of hydrogen-bond acceptors (Lipinski definition) is 2. The number of aliphatic carboxylic acids is 1. The first-order valence-corrected chi connectivity index (χ1v) is 7.44. The number of hydrogen-bond donors (Lipinski definition) is 1. The third-order valence-corrected chi connectivity index (χ3v) is 3.59. The second-order valence-corrected chi connectivity index (χ2v) is 6.02. The molecule has 1 aliphatic carbocycles. The van der Waals surface area contributed by atoms with Crippen molar-refractivity contribution >= 4 is 17.7 Å². The second kappa shape index (κ2) is 6.74. The minimum absolute atomic E-state index is 0.326. The second-order valence-electron chi connectivity index (χ2n) is 6.02. The molecule has 0 spiro atoms. The quantitative estimate of drug-likeness (QED) is 0.774. The molecule has 0 unspecified atom stereocenters. The van der Waals surface area contributed by atoms with Crippen LogP contribution in [0.1, 0.15) is 38.7 Å². The first-order valence-electron chi connectivity index (χ1n) is 7.44. The monoisotopic (exact) mass is 291 g/mol. The molecule has 1 aliphatic rings. The van der Waals surface area contributed by atoms with Crippen molar-refractivity contribution in [3.8, 4) is 0 Å². The van der Waals surface area contributed by atoms with Gasteiger partial charge in [-0.15, -0.1) is 0 Å². The summed E-state index contributed by atoms with van der Waals surface area (Å²) in [6, 6.07) is 5.26. The molecule has 114 valence electrons. The normalized spacial score (nSPS) is 14.9. The smallest absolute Gasteiger partial charge is 0.328 e. The van der Waals surface area contributed by atoms with Gasteiger partial charge in [-0.1, -0.05) is 13.8 Å². The zero-order chi connectivity index (χ0) is 15.4. The van der Waals surface area contributed by atoms with Crippen molar-refractivity contribution in [2.75, 3.05) is 11.4 Å². The van der Waals surface area contributed by atoms with E-state index < -0.39 is 5.97 Å². The number of halogens is 1. The third-order valence-electron chi connectivity index (χ3n) is 3.59. The minimum atomic E-state index is -1.03. The molecule has 1 N–H and O–H groups in total. The molecule has 1 saturated carbocycles. The molecule has 1 aromatic rings. The number of anilines is 1. The van der Waals surface area contributed by atoms with Crippen molar-refractivity contribution < 1.29 is 14.3 Å². The molecule has 0 aliphatic heterocycles. The van der Waals surface area contributed by atoms with E-state index in [9.17, 15) is 9.18 Å². The number of rotatable bonds is 7. The molecule has 1 aromatic carbocycles. The Morgan fingerprint density at radius 2 is 2.14 bits per heavy atom. The van der Waals surface area contributed by atoms with Crippen LogP contribution in [-0.2, 0) is 4.79 Å². The Labute approximate surface area is 125 Å². The van der Waals surface area contributed by atoms with Gasteiger partial charge in [-0.2, -0.15) is 0 Å². The van der Waals surface area contributed by atoms with Crippen molar-refractivity contribution in [3.63, 3.8) is 0 Å². The Morgan fingerprint density at radius 3 is 2.71 bits per heavy atom. The Bertz CT molecular complexity index is 536. The highest BCUT2D eigenvalue weighted by molar-refractivity contribution is 5.85. The Morgan fingerprint density at radius 1 is 1.43 bits per heavy atom. The van der Waals surface area contributed by atoms with E-state index in [1.807, 2.05) is 6.07 Å². The van der Waals surface area contributed by atoms with E-state index in [0.717, 1.165) is 37.6 Å². The van der Waals surface area contributed by atoms with Gasteiger partial charge in [0.05, 0.1) is 0 Å². The molecule has 21 heavy (non-hydrogen) atoms. The van der Waals surface area contributed by atoms with E-state index in [4.69, 9.17) is 5.11 Å². The van der Waals surface area contributed by atoms with Crippen LogP contribution in [0.2, 0.25) is 0 Å². The summed E-state index contributed by atoms with van der Waals surface area (Å²) in [6.07, 6.45) is 5.83. The predicted octanol–water partition coefficient (Wildman–Crippen LogP) is 3.94. The first kappa shape index (κ1) is 15.5. The van der Waals surface area contributed by atoms with Crippen LogP contribution in [-0.4, -0.2) is 23.7 Å². The maximum Gasteiger partial charge on any atom is 0.328 e. The molecule has 0 atom stereocenters. The zero-order valence-electron chi connectivity index (χ0n) is 12.6. The maximum absolute atomic E-state index is 13.8. The summed E-state index contributed by atoms with van der Waals surface area (Å²) >= 11 is 0. The average molecular weight is 291 g/mol. The Balaban J connectivity index is 2.21. The van der Waals surface area contributed by atoms with Crippen molar-refractivity contribution in [3.05, 3.63) is 35.7 Å². The SMILES string of the molecule is CC(C)CCN(c1cc(F)cc(/C=C/C(=O)O)c1)C1CC1. The predicted molar refractivity (Wildman–Crippen MR) is 82.9 cm³/mol. The highest BCUT2D eigenvalue weighted by Gasteiger charge is 2.29. The molecule has 0 bridgehead atoms. The highest BCUT2D eigenvalue weighted by Crippen LogP contribution is 2.33. The molecule has 3 nitrogen and oxygen atoms in total. The lowest BCUT2D eigenvalue weighted by Gasteiger charge is -2.26. The topological polar surface area (TPSA) is 40.5 Å². The van der Waals surface area contributed by atoms with Gasteiger partial charge in [0.25, 0.3) is 0 Å². The zero-order valence-corrected chi connectivity index (χ0v) is 12.6. The Hall–Kier alpha value is -1.84. The molecule has 0 heterocycles. The van der Waals surface area contributed by atoms with Gasteiger partial charge in [0.15, 0.2) is 0 Å². The standard InChI is InChI=1S/C17H22FNO2/c1-12(2)7-8-19(15-4-5-15)16-10-13(3-6-17(20)21)9-14(18)11-16/h3,6,9-12,15H,4-5,7-8H2,1-2H3,(H,20,21)/b6-3+. The lowest BCUT2D eigenvalue weighted by Crippen LogP contribution is -2.27. The van der Waals surface area contributed by atoms with Crippen molar-refractivity contribution in [1.82, 2.24) is 0 Å². The highest BCUT2D eigenvalue weighted by atomic mass is 19.1. The van der Waals surface area contributed by atoms with E-state index in [1.54, 1.807) is 0 Å². The van der Waals surface area contributed by atoms with Gasteiger partial charge >= 0.3 is 5.97 Å². The van der Waals surface area contributed by atoms with Gasteiger partial charge in [-0.3, -0.25) is 0 Å². The van der Waals surface area contributed by atoms with Crippen molar-refractivity contribution in [2.45, 2.75) is 39.2 Å². The van der Waals surface area contributed by atoms with E-state index in [0.29, 0.717) is 17.5 Å². The summed E-state index contributed by atoms with van der Waals surface area (Å²) < 4.78 is 13.8. The fourth-order valence-electron chi connectivity index (χ4n) is 2.33. The molecule has 2 rings (SSSR count). The molecule has 0 amide bonds. The fraction of sp³-hybridized carbons (Fsp3) is 0.471. The fourth-order valence-corrected chi connectivity index (χ4v) is 2.33. The summed E-state index contributed by atoms with van der Waals surface area (Å²) in [7, 11) is 0. The number of benzene rings is 1. The van der Waals surface area contributed by atoms with Crippen molar-refractivity contribution in [1.29, 1.82) is 0 Å². The molecule has 1 fully saturated rings. The maximum atomic E-state index is 13.8. The van der Waals surface area contributed by atoms with E-state index >= 15 is 0 Å². The van der Waals surface area contributed by atoms with Crippen molar-refractivity contribution in [2.24, 2.45) is 5.92 Å². The molecule has 0 aromatic heterocycles. The van der Waals surface area contributed by atoms with Crippen LogP contribution < -0.4 is 4.90 Å². The molecular formula is C17H22FNO2. The van der Waals surface area contributed by atoms with Gasteiger partial charge in [0.2, 0.25) is 0 Å². The van der Waals surface area contributed by atoms with Crippen LogP contribution in [0.25, 0.3) is 6.08 Å². The van der Waals surface area contributed by atoms with Gasteiger partial charge in [0, 0.05) is 24.4 Å². The molecule has 0 saturated heterocycles. The van der Waals surface area contributed by atoms with Crippen LogP contribution in [0, 0.1) is 11.7 Å². The number of carboxylic acid groups (broad SMARTS) is 1. The Kier molecular flexibility index (Phi) is 4.99. The van der Waals surface area contributed by atoms with Gasteiger partial charge in [-0.05, 0) is 55.0 Å². The average Bonchev–Trinajstić information content (AvgIpc) is 3.20. The lowest BCUT2D eigenvalue weighted by atomic mass is 10.1. The molecular weight excluding hydrogens is 269 g/mol. The van der Waals surface area contributed by atoms with Crippen LogP contribution in [0.4, 0.5) is 10.1 Å². The summed E-state index contributed by atoms with van der Waals surface area (Å²) in [6.45, 7) is 5.27. The first-order chi connectivity index (χ1) is 9.95. The number of carbonyl (C=O) groups is 1. The van der Waals surface area contributed by atoms with Gasteiger partial charge in [-0.25, -0.2) is 9.18 Å². The van der Waals surface area contributed by atoms with E-state index in [-0.39, 0.29) is 5.82 Å². The molecule has 4 heteroatoms. The summed E-state index contributed by atoms with van der Waals surface area (Å²) in [4.78, 5) is 12.8. The van der Waals surface area contributed by atoms with Gasteiger partial charge < -0.3 is 10.0 Å². The van der Waals surface area contributed by atoms with Crippen LogP contribution in [0.3, 0.4) is 0 Å². The van der Waals surface area contributed by atoms with Crippen LogP contribution in [0.15, 0.2) is 24.3 Å². The minimum Gasteiger partial charge on any atom is -0.478 e. The lowest BCUT2D eigenvalue weighted by molar-refractivity contribution is -0.131. The number of nitrogens with zero attached hydrogens (tertiary/aromatic N) is 1. The summed E-state index contributed by atoms with van der Waals surface area (Å²) in [5, 5.41) is 8.68. The van der Waals surface area contributed by atoms with Crippen LogP contribution >= 0.6 is 0 Å². The summed E-state index contributed by atoms with van der Waals surface area (Å²) in [5.41, 5.74) is 1.44. The van der Waals surface area contributed by atoms with Gasteiger partial charge in [0.1, 0.15) is 5.82 Å². The third kappa shape index (κ3) is 4.88. The summed E-state index contributed by atoms with van der Waals surface area (Å²) in [5.74, 6) is -0.751. The van der Waals surface area contributed by atoms with E-state index in [2.05, 4.69) is 18.7 Å². The largest absolute Gasteiger partial charge is 0.478 e. The molecule has 0 radical (unpaired) electrons. The van der Waals surface area contributed by atoms with Crippen LogP contribution in [0.5, 0.6) is 0 Å². The number of carboxylic acids is 1. The van der Waals surface area contributed by atoms with E-state index in [1.165, 1.54) is 18.2 Å².